The first-order valence-corrected chi connectivity index (χ1v) is 22.0. The third kappa shape index (κ3) is 8.42. The normalized spacial score (nSPS) is 18.0. The minimum Gasteiger partial charge on any atom is -0.508 e. The fourth-order valence-corrected chi connectivity index (χ4v) is 9.99. The second kappa shape index (κ2) is 18.5. The van der Waals surface area contributed by atoms with Crippen LogP contribution in [-0.2, 0) is 45.3 Å². The number of esters is 2. The van der Waals surface area contributed by atoms with Gasteiger partial charge in [0, 0.05) is 25.7 Å². The molecule has 0 bridgehead atoms. The lowest BCUT2D eigenvalue weighted by Crippen LogP contribution is -2.81. The summed E-state index contributed by atoms with van der Waals surface area (Å²) in [6.07, 6.45) is -1.83. The van der Waals surface area contributed by atoms with E-state index in [4.69, 9.17) is 25.8 Å². The molecule has 1 unspecified atom stereocenters. The Balaban J connectivity index is 1.13. The van der Waals surface area contributed by atoms with E-state index in [0.717, 1.165) is 0 Å². The summed E-state index contributed by atoms with van der Waals surface area (Å²) in [4.78, 5) is 57.5. The molecule has 1 aromatic heterocycles. The van der Waals surface area contributed by atoms with Gasteiger partial charge in [-0.25, -0.2) is 14.3 Å². The number of ether oxygens (including phenoxy) is 3. The maximum atomic E-state index is 14.8. The summed E-state index contributed by atoms with van der Waals surface area (Å²) in [6, 6.07) is 41.5. The van der Waals surface area contributed by atoms with Crippen LogP contribution in [0.3, 0.4) is 0 Å². The molecule has 320 valence electrons. The van der Waals surface area contributed by atoms with E-state index < -0.39 is 51.9 Å². The lowest BCUT2D eigenvalue weighted by atomic mass is 9.93. The topological polar surface area (TPSA) is 175 Å². The standard InChI is InChI=1S/C46H39ClN6O8S2/c1-52-44(49-50-51-52)63-28-33-27-62-42-46(59-2,41(57)53(42)36(33)39(55)60-37(29-15-7-3-8-16-29)30-17-9-4-10-18-30)48-40(56)45(47,34-23-25-35(54)26-24-34)43(58)61-38(31-19-11-5-12-20-31)32-21-13-6-14-22-32/h3-26,37-38,42,54H,27-28H2,1-2H3,(H,48,56)/t42-,45?,46-/m0/s1. The van der Waals surface area contributed by atoms with Gasteiger partial charge in [0.25, 0.3) is 17.5 Å². The number of thioether (sulfide) groups is 2. The van der Waals surface area contributed by atoms with Crippen molar-refractivity contribution < 1.29 is 38.5 Å². The van der Waals surface area contributed by atoms with Gasteiger partial charge in [-0.1, -0.05) is 157 Å². The number of β-lactam (4-membered cyclic amide) rings is 1. The third-order valence-electron chi connectivity index (χ3n) is 10.6. The molecule has 2 aliphatic rings. The van der Waals surface area contributed by atoms with Crippen molar-refractivity contribution in [1.82, 2.24) is 30.4 Å². The highest BCUT2D eigenvalue weighted by atomic mass is 35.5. The molecule has 2 aliphatic heterocycles. The molecule has 3 heterocycles. The van der Waals surface area contributed by atoms with Crippen molar-refractivity contribution in [2.45, 2.75) is 33.3 Å². The number of fused-ring (bicyclic) bond motifs is 1. The fraction of sp³-hybridized carbons (Fsp3) is 0.196. The minimum atomic E-state index is -2.62. The van der Waals surface area contributed by atoms with Crippen molar-refractivity contribution in [2.75, 3.05) is 18.6 Å². The number of tetrazole rings is 1. The highest BCUT2D eigenvalue weighted by Gasteiger charge is 2.68. The average Bonchev–Trinajstić information content (AvgIpc) is 3.75. The van der Waals surface area contributed by atoms with Gasteiger partial charge in [0.2, 0.25) is 10.0 Å². The second-order valence-corrected chi connectivity index (χ2v) is 17.1. The molecule has 8 rings (SSSR count). The molecule has 0 aliphatic carbocycles. The Labute approximate surface area is 375 Å². The number of aromatic hydroxyl groups is 1. The monoisotopic (exact) mass is 902 g/mol. The number of carbonyl (C=O) groups excluding carboxylic acids is 4. The van der Waals surface area contributed by atoms with E-state index in [-0.39, 0.29) is 28.5 Å². The van der Waals surface area contributed by atoms with Crippen LogP contribution in [0.4, 0.5) is 0 Å². The van der Waals surface area contributed by atoms with Crippen molar-refractivity contribution in [3.8, 4) is 5.75 Å². The summed E-state index contributed by atoms with van der Waals surface area (Å²) in [5.74, 6) is -3.66. The number of halogens is 1. The van der Waals surface area contributed by atoms with E-state index >= 15 is 0 Å². The van der Waals surface area contributed by atoms with E-state index in [1.165, 1.54) is 64.5 Å². The number of phenolic OH excluding ortho intramolecular Hbond substituents is 1. The van der Waals surface area contributed by atoms with Crippen molar-refractivity contribution >= 4 is 58.9 Å². The number of nitrogens with one attached hydrogen (secondary N) is 1. The summed E-state index contributed by atoms with van der Waals surface area (Å²) in [6.45, 7) is 0. The third-order valence-corrected chi connectivity index (χ3v) is 13.6. The Hall–Kier alpha value is -6.46. The van der Waals surface area contributed by atoms with Crippen LogP contribution in [0.15, 0.2) is 162 Å². The number of phenols is 1. The number of benzene rings is 5. The van der Waals surface area contributed by atoms with Gasteiger partial charge >= 0.3 is 11.9 Å². The van der Waals surface area contributed by atoms with Crippen LogP contribution < -0.4 is 5.32 Å². The summed E-state index contributed by atoms with van der Waals surface area (Å²) in [7, 11) is 2.92. The van der Waals surface area contributed by atoms with Gasteiger partial charge < -0.3 is 24.6 Å². The lowest BCUT2D eigenvalue weighted by molar-refractivity contribution is -0.194. The zero-order chi connectivity index (χ0) is 44.1. The highest BCUT2D eigenvalue weighted by Crippen LogP contribution is 2.49. The SMILES string of the molecule is CO[C@@]1(NC(=O)C(Cl)(C(=O)OC(c2ccccc2)c2ccccc2)c2ccc(O)cc2)C(=O)N2C(C(=O)OC(c3ccccc3)c3ccccc3)=C(CSc3nnnn3C)CS[C@H]21. The number of carbonyl (C=O) groups is 4. The first kappa shape index (κ1) is 43.2. The van der Waals surface area contributed by atoms with Crippen molar-refractivity contribution in [3.63, 3.8) is 0 Å². The van der Waals surface area contributed by atoms with Crippen molar-refractivity contribution in [1.29, 1.82) is 0 Å². The van der Waals surface area contributed by atoms with Gasteiger partial charge in [-0.05, 0) is 55.9 Å². The van der Waals surface area contributed by atoms with E-state index in [1.54, 1.807) is 55.6 Å². The number of aryl methyl sites for hydroxylation is 1. The molecule has 1 fully saturated rings. The van der Waals surface area contributed by atoms with Crippen LogP contribution in [0.25, 0.3) is 0 Å². The molecule has 14 nitrogen and oxygen atoms in total. The maximum absolute atomic E-state index is 14.8. The van der Waals surface area contributed by atoms with E-state index in [1.807, 2.05) is 72.8 Å². The number of amides is 2. The van der Waals surface area contributed by atoms with Gasteiger partial charge in [0.05, 0.1) is 0 Å². The number of methoxy groups -OCH3 is 1. The largest absolute Gasteiger partial charge is 0.508 e. The van der Waals surface area contributed by atoms with E-state index in [9.17, 15) is 24.3 Å². The molecule has 0 spiro atoms. The average molecular weight is 903 g/mol. The van der Waals surface area contributed by atoms with Crippen LogP contribution in [0.2, 0.25) is 0 Å². The number of hydrogen-bond acceptors (Lipinski definition) is 13. The van der Waals surface area contributed by atoms with Gasteiger partial charge in [-0.15, -0.1) is 16.9 Å². The Bertz CT molecular complexity index is 2560. The number of nitrogens with zero attached hydrogens (tertiary/aromatic N) is 5. The molecule has 0 radical (unpaired) electrons. The predicted octanol–water partition coefficient (Wildman–Crippen LogP) is 6.44. The number of hydrogen-bond donors (Lipinski definition) is 2. The van der Waals surface area contributed by atoms with Crippen LogP contribution in [0.5, 0.6) is 5.75 Å². The zero-order valence-electron chi connectivity index (χ0n) is 33.7. The Morgan fingerprint density at radius 2 is 1.35 bits per heavy atom. The van der Waals surface area contributed by atoms with Crippen molar-refractivity contribution in [2.24, 2.45) is 7.05 Å². The first-order valence-electron chi connectivity index (χ1n) is 19.6. The summed E-state index contributed by atoms with van der Waals surface area (Å²) in [5, 5.41) is 23.9. The van der Waals surface area contributed by atoms with Crippen LogP contribution in [-0.4, -0.2) is 83.7 Å². The van der Waals surface area contributed by atoms with Gasteiger partial charge in [0.1, 0.15) is 16.8 Å². The Kier molecular flexibility index (Phi) is 12.7. The molecule has 2 amide bonds. The second-order valence-electron chi connectivity index (χ2n) is 14.5. The molecule has 17 heteroatoms. The number of rotatable bonds is 15. The first-order chi connectivity index (χ1) is 30.5. The van der Waals surface area contributed by atoms with Gasteiger partial charge in [0.15, 0.2) is 12.2 Å². The Morgan fingerprint density at radius 1 is 0.841 bits per heavy atom. The van der Waals surface area contributed by atoms with Crippen LogP contribution >= 0.6 is 35.1 Å². The number of alkyl halides is 1. The molecule has 0 saturated carbocycles. The molecular formula is C46H39ClN6O8S2. The smallest absolute Gasteiger partial charge is 0.356 e. The zero-order valence-corrected chi connectivity index (χ0v) is 36.1. The summed E-state index contributed by atoms with van der Waals surface area (Å²) < 4.78 is 19.8. The highest BCUT2D eigenvalue weighted by molar-refractivity contribution is 8.01. The molecule has 2 N–H and O–H groups in total. The molecule has 5 aromatic carbocycles. The molecule has 1 saturated heterocycles. The van der Waals surface area contributed by atoms with E-state index in [0.29, 0.717) is 33.0 Å². The maximum Gasteiger partial charge on any atom is 0.356 e. The van der Waals surface area contributed by atoms with Gasteiger partial charge in [-0.2, -0.15) is 0 Å². The molecule has 63 heavy (non-hydrogen) atoms. The van der Waals surface area contributed by atoms with Crippen LogP contribution in [0, 0.1) is 0 Å². The van der Waals surface area contributed by atoms with Crippen molar-refractivity contribution in [3.05, 3.63) is 185 Å². The lowest BCUT2D eigenvalue weighted by Gasteiger charge is -2.56. The fourth-order valence-electron chi connectivity index (χ4n) is 7.34. The minimum absolute atomic E-state index is 0.0335. The molecule has 3 atom stereocenters. The van der Waals surface area contributed by atoms with Crippen LogP contribution in [0.1, 0.15) is 40.0 Å². The predicted molar refractivity (Wildman–Crippen MR) is 235 cm³/mol. The summed E-state index contributed by atoms with van der Waals surface area (Å²) >= 11 is 9.72. The van der Waals surface area contributed by atoms with Gasteiger partial charge in [-0.3, -0.25) is 14.5 Å². The van der Waals surface area contributed by atoms with E-state index in [2.05, 4.69) is 20.8 Å². The molecule has 6 aromatic rings. The summed E-state index contributed by atoms with van der Waals surface area (Å²) in [5.41, 5.74) is 0.968. The quantitative estimate of drug-likeness (QED) is 0.0288. The number of aromatic nitrogens is 4. The Morgan fingerprint density at radius 3 is 1.83 bits per heavy atom. The molecular weight excluding hydrogens is 864 g/mol.